The number of hydrogen-bond donors (Lipinski definition) is 1. The summed E-state index contributed by atoms with van der Waals surface area (Å²) in [6.45, 7) is 0.494. The SMILES string of the molecule is O=C1NC(=Cc2cn(Cc3ccc(Cl)cc3)c3ccccc23)C(=O)N1Cc1ccccc1F. The Morgan fingerprint density at radius 3 is 2.42 bits per heavy atom. The predicted molar refractivity (Wildman–Crippen MR) is 126 cm³/mol. The van der Waals surface area contributed by atoms with Gasteiger partial charge in [-0.2, -0.15) is 0 Å². The molecule has 0 unspecified atom stereocenters. The van der Waals surface area contributed by atoms with Crippen LogP contribution in [0.3, 0.4) is 0 Å². The lowest BCUT2D eigenvalue weighted by Gasteiger charge is -2.12. The molecule has 0 saturated carbocycles. The zero-order chi connectivity index (χ0) is 22.9. The number of nitrogens with zero attached hydrogens (tertiary/aromatic N) is 2. The molecule has 7 heteroatoms. The van der Waals surface area contributed by atoms with Gasteiger partial charge in [0.05, 0.1) is 6.54 Å². The smallest absolute Gasteiger partial charge is 0.329 e. The van der Waals surface area contributed by atoms with Crippen LogP contribution in [0.25, 0.3) is 17.0 Å². The Bertz CT molecular complexity index is 1410. The van der Waals surface area contributed by atoms with Gasteiger partial charge in [-0.3, -0.25) is 9.69 Å². The number of fused-ring (bicyclic) bond motifs is 1. The van der Waals surface area contributed by atoms with Gasteiger partial charge in [0, 0.05) is 39.8 Å². The van der Waals surface area contributed by atoms with Gasteiger partial charge in [-0.15, -0.1) is 0 Å². The summed E-state index contributed by atoms with van der Waals surface area (Å²) in [7, 11) is 0. The Balaban J connectivity index is 1.46. The van der Waals surface area contributed by atoms with E-state index in [2.05, 4.69) is 9.88 Å². The number of carbonyl (C=O) groups excluding carboxylic acids is 2. The quantitative estimate of drug-likeness (QED) is 0.313. The minimum Gasteiger partial charge on any atom is -0.342 e. The van der Waals surface area contributed by atoms with E-state index in [4.69, 9.17) is 11.6 Å². The van der Waals surface area contributed by atoms with E-state index in [0.29, 0.717) is 11.6 Å². The molecule has 5 rings (SSSR count). The molecule has 0 radical (unpaired) electrons. The van der Waals surface area contributed by atoms with Crippen molar-refractivity contribution in [3.63, 3.8) is 0 Å². The molecule has 4 aromatic rings. The van der Waals surface area contributed by atoms with Gasteiger partial charge >= 0.3 is 6.03 Å². The first-order valence-corrected chi connectivity index (χ1v) is 10.8. The molecule has 0 atom stereocenters. The largest absolute Gasteiger partial charge is 0.342 e. The van der Waals surface area contributed by atoms with Crippen LogP contribution in [0.1, 0.15) is 16.7 Å². The van der Waals surface area contributed by atoms with Gasteiger partial charge in [-0.05, 0) is 35.9 Å². The van der Waals surface area contributed by atoms with Crippen LogP contribution in [0, 0.1) is 5.82 Å². The number of para-hydroxylation sites is 1. The van der Waals surface area contributed by atoms with E-state index < -0.39 is 17.8 Å². The van der Waals surface area contributed by atoms with Crippen LogP contribution in [0.5, 0.6) is 0 Å². The second-order valence-corrected chi connectivity index (χ2v) is 8.26. The van der Waals surface area contributed by atoms with Crippen LogP contribution < -0.4 is 5.32 Å². The average Bonchev–Trinajstić information content (AvgIpc) is 3.29. The van der Waals surface area contributed by atoms with Crippen molar-refractivity contribution in [3.8, 4) is 0 Å². The minimum atomic E-state index is -0.570. The van der Waals surface area contributed by atoms with Gasteiger partial charge in [0.25, 0.3) is 5.91 Å². The molecule has 0 spiro atoms. The van der Waals surface area contributed by atoms with Gasteiger partial charge in [0.15, 0.2) is 0 Å². The van der Waals surface area contributed by atoms with Crippen LogP contribution in [0.15, 0.2) is 84.7 Å². The molecule has 0 bridgehead atoms. The van der Waals surface area contributed by atoms with E-state index in [1.54, 1.807) is 24.3 Å². The predicted octanol–water partition coefficient (Wildman–Crippen LogP) is 5.58. The molecule has 1 aliphatic rings. The molecule has 1 aromatic heterocycles. The van der Waals surface area contributed by atoms with Gasteiger partial charge in [0.1, 0.15) is 11.5 Å². The number of amides is 3. The highest BCUT2D eigenvalue weighted by atomic mass is 35.5. The van der Waals surface area contributed by atoms with Crippen LogP contribution in [-0.2, 0) is 17.9 Å². The highest BCUT2D eigenvalue weighted by Gasteiger charge is 2.34. The van der Waals surface area contributed by atoms with Crippen molar-refractivity contribution >= 4 is 40.5 Å². The lowest BCUT2D eigenvalue weighted by atomic mass is 10.1. The zero-order valence-corrected chi connectivity index (χ0v) is 18.2. The van der Waals surface area contributed by atoms with Crippen molar-refractivity contribution < 1.29 is 14.0 Å². The summed E-state index contributed by atoms with van der Waals surface area (Å²) >= 11 is 6.00. The molecule has 1 fully saturated rings. The molecule has 1 N–H and O–H groups in total. The first kappa shape index (κ1) is 21.0. The molecule has 1 aliphatic heterocycles. The van der Waals surface area contributed by atoms with Crippen molar-refractivity contribution in [1.29, 1.82) is 0 Å². The molecule has 2 heterocycles. The monoisotopic (exact) mass is 459 g/mol. The Labute approximate surface area is 194 Å². The number of benzene rings is 3. The Kier molecular flexibility index (Phi) is 5.44. The Morgan fingerprint density at radius 1 is 0.909 bits per heavy atom. The normalized spacial score (nSPS) is 15.0. The molecular weight excluding hydrogens is 441 g/mol. The standard InChI is InChI=1S/C26H19ClFN3O2/c27-20-11-9-17(10-12-20)14-30-15-19(21-6-2-4-8-24(21)30)13-23-25(32)31(26(33)29-23)16-18-5-1-3-7-22(18)28/h1-13,15H,14,16H2,(H,29,33). The van der Waals surface area contributed by atoms with E-state index in [1.807, 2.05) is 54.7 Å². The highest BCUT2D eigenvalue weighted by Crippen LogP contribution is 2.26. The van der Waals surface area contributed by atoms with Gasteiger partial charge in [-0.1, -0.05) is 60.1 Å². The van der Waals surface area contributed by atoms with Crippen molar-refractivity contribution in [3.05, 3.63) is 112 Å². The second-order valence-electron chi connectivity index (χ2n) is 7.83. The lowest BCUT2D eigenvalue weighted by molar-refractivity contribution is -0.123. The highest BCUT2D eigenvalue weighted by molar-refractivity contribution is 6.30. The van der Waals surface area contributed by atoms with Crippen molar-refractivity contribution in [2.45, 2.75) is 13.1 Å². The summed E-state index contributed by atoms with van der Waals surface area (Å²) in [5.74, 6) is -0.946. The molecule has 33 heavy (non-hydrogen) atoms. The maximum Gasteiger partial charge on any atom is 0.329 e. The number of carbonyl (C=O) groups is 2. The summed E-state index contributed by atoms with van der Waals surface area (Å²) in [5.41, 5.74) is 3.32. The number of rotatable bonds is 5. The first-order valence-electron chi connectivity index (χ1n) is 10.4. The van der Waals surface area contributed by atoms with Crippen LogP contribution >= 0.6 is 11.6 Å². The fraction of sp³-hybridized carbons (Fsp3) is 0.0769. The molecule has 0 aliphatic carbocycles. The maximum absolute atomic E-state index is 14.0. The van der Waals surface area contributed by atoms with Crippen LogP contribution in [-0.4, -0.2) is 21.4 Å². The lowest BCUT2D eigenvalue weighted by Crippen LogP contribution is -2.30. The average molecular weight is 460 g/mol. The number of aromatic nitrogens is 1. The molecule has 3 aromatic carbocycles. The third-order valence-electron chi connectivity index (χ3n) is 5.63. The first-order chi connectivity index (χ1) is 16.0. The van der Waals surface area contributed by atoms with Gasteiger partial charge in [0.2, 0.25) is 0 Å². The van der Waals surface area contributed by atoms with E-state index in [0.717, 1.165) is 26.9 Å². The summed E-state index contributed by atoms with van der Waals surface area (Å²) in [4.78, 5) is 26.4. The van der Waals surface area contributed by atoms with Gasteiger partial charge < -0.3 is 9.88 Å². The van der Waals surface area contributed by atoms with E-state index in [1.165, 1.54) is 6.07 Å². The third kappa shape index (κ3) is 4.13. The molecule has 1 saturated heterocycles. The molecule has 164 valence electrons. The Hall–Kier alpha value is -3.90. The zero-order valence-electron chi connectivity index (χ0n) is 17.5. The topological polar surface area (TPSA) is 54.3 Å². The molecule has 3 amide bonds. The summed E-state index contributed by atoms with van der Waals surface area (Å²) in [6, 6.07) is 21.0. The second kappa shape index (κ2) is 8.56. The number of urea groups is 1. The van der Waals surface area contributed by atoms with E-state index in [9.17, 15) is 14.0 Å². The maximum atomic E-state index is 14.0. The fourth-order valence-electron chi connectivity index (χ4n) is 3.98. The van der Waals surface area contributed by atoms with Crippen molar-refractivity contribution in [2.75, 3.05) is 0 Å². The van der Waals surface area contributed by atoms with E-state index in [-0.39, 0.29) is 17.8 Å². The minimum absolute atomic E-state index is 0.132. The Morgan fingerprint density at radius 2 is 1.64 bits per heavy atom. The number of nitrogens with one attached hydrogen (secondary N) is 1. The molecular formula is C26H19ClFN3O2. The van der Waals surface area contributed by atoms with Crippen molar-refractivity contribution in [2.24, 2.45) is 0 Å². The number of halogens is 2. The van der Waals surface area contributed by atoms with Gasteiger partial charge in [-0.25, -0.2) is 9.18 Å². The summed E-state index contributed by atoms with van der Waals surface area (Å²) in [6.07, 6.45) is 3.62. The molecule has 5 nitrogen and oxygen atoms in total. The number of imide groups is 1. The summed E-state index contributed by atoms with van der Waals surface area (Å²) < 4.78 is 16.1. The fourth-order valence-corrected chi connectivity index (χ4v) is 4.10. The van der Waals surface area contributed by atoms with Crippen LogP contribution in [0.2, 0.25) is 5.02 Å². The summed E-state index contributed by atoms with van der Waals surface area (Å²) in [5, 5.41) is 4.25. The van der Waals surface area contributed by atoms with E-state index >= 15 is 0 Å². The number of hydrogen-bond acceptors (Lipinski definition) is 2. The third-order valence-corrected chi connectivity index (χ3v) is 5.89. The van der Waals surface area contributed by atoms with Crippen LogP contribution in [0.4, 0.5) is 9.18 Å². The van der Waals surface area contributed by atoms with Crippen molar-refractivity contribution in [1.82, 2.24) is 14.8 Å².